The number of carbonyl (C=O) groups excluding carboxylic acids is 1. The summed E-state index contributed by atoms with van der Waals surface area (Å²) in [6.45, 7) is 4.50. The van der Waals surface area contributed by atoms with Gasteiger partial charge in [0.1, 0.15) is 12.4 Å². The smallest absolute Gasteiger partial charge is 0.253 e. The van der Waals surface area contributed by atoms with Crippen molar-refractivity contribution in [3.63, 3.8) is 0 Å². The van der Waals surface area contributed by atoms with Gasteiger partial charge in [0, 0.05) is 30.7 Å². The van der Waals surface area contributed by atoms with Crippen molar-refractivity contribution in [1.82, 2.24) is 15.5 Å². The molecule has 0 unspecified atom stereocenters. The Morgan fingerprint density at radius 2 is 1.72 bits per heavy atom. The van der Waals surface area contributed by atoms with Crippen molar-refractivity contribution < 1.29 is 9.53 Å². The number of nitrogens with one attached hydrogen (secondary N) is 2. The average Bonchev–Trinajstić information content (AvgIpc) is 2.70. The van der Waals surface area contributed by atoms with Crippen LogP contribution in [0.4, 0.5) is 0 Å². The first-order chi connectivity index (χ1) is 13.5. The summed E-state index contributed by atoms with van der Waals surface area (Å²) in [6.07, 6.45) is 0. The van der Waals surface area contributed by atoms with E-state index in [-0.39, 0.29) is 29.9 Å². The highest BCUT2D eigenvalue weighted by Gasteiger charge is 2.07. The van der Waals surface area contributed by atoms with Gasteiger partial charge >= 0.3 is 0 Å². The monoisotopic (exact) mass is 574 g/mol. The minimum Gasteiger partial charge on any atom is -0.492 e. The zero-order valence-corrected chi connectivity index (χ0v) is 20.9. The highest BCUT2D eigenvalue weighted by molar-refractivity contribution is 14.0. The molecule has 1 amide bonds. The third-order valence-electron chi connectivity index (χ3n) is 3.85. The molecule has 0 saturated carbocycles. The van der Waals surface area contributed by atoms with Gasteiger partial charge < -0.3 is 20.3 Å². The lowest BCUT2D eigenvalue weighted by molar-refractivity contribution is 0.0827. The average molecular weight is 575 g/mol. The molecule has 29 heavy (non-hydrogen) atoms. The Bertz CT molecular complexity index is 780. The summed E-state index contributed by atoms with van der Waals surface area (Å²) in [5, 5.41) is 6.48. The van der Waals surface area contributed by atoms with E-state index < -0.39 is 0 Å². The second-order valence-electron chi connectivity index (χ2n) is 6.32. The predicted molar refractivity (Wildman–Crippen MR) is 132 cm³/mol. The van der Waals surface area contributed by atoms with Gasteiger partial charge in [-0.1, -0.05) is 28.1 Å². The molecule has 0 atom stereocenters. The first-order valence-corrected chi connectivity index (χ1v) is 10.00. The van der Waals surface area contributed by atoms with Crippen molar-refractivity contribution in [1.29, 1.82) is 0 Å². The molecule has 0 spiro atoms. The van der Waals surface area contributed by atoms with Crippen LogP contribution in [-0.2, 0) is 6.54 Å². The molecule has 0 aliphatic heterocycles. The van der Waals surface area contributed by atoms with Gasteiger partial charge in [-0.15, -0.1) is 24.0 Å². The summed E-state index contributed by atoms with van der Waals surface area (Å²) in [7, 11) is 3.49. The van der Waals surface area contributed by atoms with Crippen LogP contribution in [0.2, 0.25) is 0 Å². The van der Waals surface area contributed by atoms with Crippen LogP contribution in [0.5, 0.6) is 5.75 Å². The minimum absolute atomic E-state index is 0. The van der Waals surface area contributed by atoms with Gasteiger partial charge in [-0.2, -0.15) is 0 Å². The second kappa shape index (κ2) is 13.4. The first kappa shape index (κ1) is 25.2. The van der Waals surface area contributed by atoms with Crippen molar-refractivity contribution in [3.05, 3.63) is 64.1 Å². The molecule has 0 bridgehead atoms. The zero-order chi connectivity index (χ0) is 20.4. The lowest BCUT2D eigenvalue weighted by Gasteiger charge is -2.12. The maximum absolute atomic E-state index is 11.9. The van der Waals surface area contributed by atoms with E-state index in [0.29, 0.717) is 25.3 Å². The number of halogens is 2. The maximum Gasteiger partial charge on any atom is 0.253 e. The number of aliphatic imine (C=N–C) groups is 1. The summed E-state index contributed by atoms with van der Waals surface area (Å²) in [5.41, 5.74) is 1.71. The van der Waals surface area contributed by atoms with Gasteiger partial charge in [0.2, 0.25) is 0 Å². The van der Waals surface area contributed by atoms with E-state index in [1.807, 2.05) is 55.5 Å². The number of hydrogen-bond acceptors (Lipinski definition) is 3. The Hall–Kier alpha value is -1.81. The van der Waals surface area contributed by atoms with Crippen LogP contribution in [0.25, 0.3) is 0 Å². The molecular weight excluding hydrogens is 547 g/mol. The van der Waals surface area contributed by atoms with Crippen LogP contribution in [0, 0.1) is 0 Å². The lowest BCUT2D eigenvalue weighted by Crippen LogP contribution is -2.39. The Balaban J connectivity index is 0.00000420. The molecule has 0 heterocycles. The van der Waals surface area contributed by atoms with Crippen molar-refractivity contribution in [2.45, 2.75) is 13.5 Å². The molecule has 158 valence electrons. The van der Waals surface area contributed by atoms with E-state index in [1.165, 1.54) is 0 Å². The van der Waals surface area contributed by atoms with Crippen molar-refractivity contribution in [3.8, 4) is 5.75 Å². The van der Waals surface area contributed by atoms with Gasteiger partial charge in [-0.3, -0.25) is 4.79 Å². The number of benzene rings is 2. The van der Waals surface area contributed by atoms with E-state index in [2.05, 4.69) is 31.6 Å². The van der Waals surface area contributed by atoms with E-state index in [9.17, 15) is 4.79 Å². The topological polar surface area (TPSA) is 66.0 Å². The quantitative estimate of drug-likeness (QED) is 0.217. The van der Waals surface area contributed by atoms with Crippen LogP contribution >= 0.6 is 39.9 Å². The van der Waals surface area contributed by atoms with Gasteiger partial charge in [0.15, 0.2) is 5.96 Å². The molecule has 2 N–H and O–H groups in total. The van der Waals surface area contributed by atoms with Crippen molar-refractivity contribution in [2.75, 3.05) is 33.8 Å². The maximum atomic E-state index is 11.9. The van der Waals surface area contributed by atoms with E-state index in [1.54, 1.807) is 19.0 Å². The Morgan fingerprint density at radius 1 is 1.07 bits per heavy atom. The highest BCUT2D eigenvalue weighted by atomic mass is 127. The number of amides is 1. The molecule has 0 aliphatic rings. The molecule has 6 nitrogen and oxygen atoms in total. The lowest BCUT2D eigenvalue weighted by atomic mass is 10.1. The van der Waals surface area contributed by atoms with E-state index in [4.69, 9.17) is 4.74 Å². The van der Waals surface area contributed by atoms with Gasteiger partial charge in [-0.05, 0) is 48.9 Å². The number of carbonyl (C=O) groups is 1. The zero-order valence-electron chi connectivity index (χ0n) is 16.9. The third-order valence-corrected chi connectivity index (χ3v) is 4.38. The minimum atomic E-state index is -0.00386. The number of guanidine groups is 1. The Morgan fingerprint density at radius 3 is 2.31 bits per heavy atom. The summed E-state index contributed by atoms with van der Waals surface area (Å²) in [5.74, 6) is 1.56. The summed E-state index contributed by atoms with van der Waals surface area (Å²) >= 11 is 3.41. The fraction of sp³-hybridized carbons (Fsp3) is 0.333. The summed E-state index contributed by atoms with van der Waals surface area (Å²) in [6, 6.07) is 15.3. The summed E-state index contributed by atoms with van der Waals surface area (Å²) < 4.78 is 6.73. The molecular formula is C21H28BrIN4O2. The van der Waals surface area contributed by atoms with Gasteiger partial charge in [0.25, 0.3) is 5.91 Å². The van der Waals surface area contributed by atoms with Crippen molar-refractivity contribution >= 4 is 51.8 Å². The molecule has 8 heteroatoms. The molecule has 0 saturated heterocycles. The summed E-state index contributed by atoms with van der Waals surface area (Å²) in [4.78, 5) is 18.1. The normalized spacial score (nSPS) is 10.7. The Kier molecular flexibility index (Phi) is 11.7. The molecule has 0 fully saturated rings. The van der Waals surface area contributed by atoms with Gasteiger partial charge in [0.05, 0.1) is 13.1 Å². The van der Waals surface area contributed by atoms with Crippen LogP contribution < -0.4 is 15.4 Å². The molecule has 2 rings (SSSR count). The van der Waals surface area contributed by atoms with E-state index >= 15 is 0 Å². The molecule has 2 aromatic rings. The second-order valence-corrected chi connectivity index (χ2v) is 7.24. The number of ether oxygens (including phenoxy) is 1. The highest BCUT2D eigenvalue weighted by Crippen LogP contribution is 2.15. The van der Waals surface area contributed by atoms with Crippen LogP contribution in [-0.4, -0.2) is 50.6 Å². The fourth-order valence-corrected chi connectivity index (χ4v) is 2.66. The SMILES string of the molecule is CCNC(=NCc1ccc(C(=O)N(C)C)cc1)NCCOc1ccc(Br)cc1.I. The van der Waals surface area contributed by atoms with Crippen molar-refractivity contribution in [2.24, 2.45) is 4.99 Å². The predicted octanol–water partition coefficient (Wildman–Crippen LogP) is 3.90. The first-order valence-electron chi connectivity index (χ1n) is 9.20. The number of hydrogen-bond donors (Lipinski definition) is 2. The van der Waals surface area contributed by atoms with Crippen LogP contribution in [0.1, 0.15) is 22.8 Å². The largest absolute Gasteiger partial charge is 0.492 e. The molecule has 0 aromatic heterocycles. The van der Waals surface area contributed by atoms with Crippen LogP contribution in [0.15, 0.2) is 58.0 Å². The molecule has 0 radical (unpaired) electrons. The van der Waals surface area contributed by atoms with Crippen LogP contribution in [0.3, 0.4) is 0 Å². The third kappa shape index (κ3) is 9.03. The van der Waals surface area contributed by atoms with Gasteiger partial charge in [-0.25, -0.2) is 4.99 Å². The number of nitrogens with zero attached hydrogens (tertiary/aromatic N) is 2. The van der Waals surface area contributed by atoms with E-state index in [0.717, 1.165) is 28.3 Å². The molecule has 2 aromatic carbocycles. The Labute approximate surface area is 198 Å². The molecule has 0 aliphatic carbocycles. The number of rotatable bonds is 8. The standard InChI is InChI=1S/C21H27BrN4O2.HI/c1-4-23-21(24-13-14-28-19-11-9-18(22)10-12-19)25-15-16-5-7-17(8-6-16)20(27)26(2)3;/h5-12H,4,13-15H2,1-3H3,(H2,23,24,25);1H. The fourth-order valence-electron chi connectivity index (χ4n) is 2.39.